The minimum atomic E-state index is -0.275. The van der Waals surface area contributed by atoms with Crippen LogP contribution in [0.3, 0.4) is 0 Å². The lowest BCUT2D eigenvalue weighted by atomic mass is 9.77. The van der Waals surface area contributed by atoms with E-state index in [1.54, 1.807) is 12.1 Å². The van der Waals surface area contributed by atoms with Crippen LogP contribution in [0.1, 0.15) is 44.2 Å². The summed E-state index contributed by atoms with van der Waals surface area (Å²) < 4.78 is 13.8. The van der Waals surface area contributed by atoms with Gasteiger partial charge in [-0.3, -0.25) is 0 Å². The van der Waals surface area contributed by atoms with Crippen molar-refractivity contribution in [3.63, 3.8) is 0 Å². The van der Waals surface area contributed by atoms with Crippen LogP contribution in [-0.4, -0.2) is 0 Å². The lowest BCUT2D eigenvalue weighted by Gasteiger charge is -2.31. The van der Waals surface area contributed by atoms with Gasteiger partial charge in [0.2, 0.25) is 0 Å². The lowest BCUT2D eigenvalue weighted by molar-refractivity contribution is 0.245. The predicted octanol–water partition coefficient (Wildman–Crippen LogP) is 4.31. The monoisotopic (exact) mass is 255 g/mol. The van der Waals surface area contributed by atoms with E-state index in [1.165, 1.54) is 18.9 Å². The average Bonchev–Trinajstić information content (AvgIpc) is 2.28. The zero-order valence-corrected chi connectivity index (χ0v) is 10.9. The van der Waals surface area contributed by atoms with Crippen LogP contribution in [0.4, 0.5) is 4.39 Å². The molecular weight excluding hydrogens is 237 g/mol. The largest absolute Gasteiger partial charge is 0.324 e. The minimum absolute atomic E-state index is 0.199. The molecule has 1 saturated carbocycles. The summed E-state index contributed by atoms with van der Waals surface area (Å²) in [6.07, 6.45) is 4.68. The van der Waals surface area contributed by atoms with Gasteiger partial charge in [-0.1, -0.05) is 37.4 Å². The van der Waals surface area contributed by atoms with Crippen LogP contribution in [0, 0.1) is 17.7 Å². The summed E-state index contributed by atoms with van der Waals surface area (Å²) in [6.45, 7) is 2.25. The highest BCUT2D eigenvalue weighted by Gasteiger charge is 2.26. The Hall–Kier alpha value is -0.600. The molecule has 3 atom stereocenters. The number of halogens is 2. The van der Waals surface area contributed by atoms with Gasteiger partial charge >= 0.3 is 0 Å². The molecule has 1 fully saturated rings. The summed E-state index contributed by atoms with van der Waals surface area (Å²) in [4.78, 5) is 0. The van der Waals surface area contributed by atoms with E-state index in [0.717, 1.165) is 12.8 Å². The highest BCUT2D eigenvalue weighted by atomic mass is 35.5. The van der Waals surface area contributed by atoms with E-state index in [0.29, 0.717) is 22.4 Å². The van der Waals surface area contributed by atoms with Crippen molar-refractivity contribution in [3.05, 3.63) is 34.6 Å². The Morgan fingerprint density at radius 3 is 2.82 bits per heavy atom. The van der Waals surface area contributed by atoms with Gasteiger partial charge in [0.25, 0.3) is 0 Å². The van der Waals surface area contributed by atoms with Gasteiger partial charge in [0.15, 0.2) is 0 Å². The fourth-order valence-corrected chi connectivity index (χ4v) is 2.99. The molecule has 2 rings (SSSR count). The molecule has 0 aromatic heterocycles. The molecule has 17 heavy (non-hydrogen) atoms. The van der Waals surface area contributed by atoms with Gasteiger partial charge in [0, 0.05) is 16.6 Å². The molecule has 94 valence electrons. The van der Waals surface area contributed by atoms with Gasteiger partial charge in [0.1, 0.15) is 5.82 Å². The molecule has 0 saturated heterocycles. The molecule has 3 unspecified atom stereocenters. The lowest BCUT2D eigenvalue weighted by Crippen LogP contribution is -2.26. The van der Waals surface area contributed by atoms with E-state index in [9.17, 15) is 4.39 Å². The van der Waals surface area contributed by atoms with E-state index in [-0.39, 0.29) is 11.9 Å². The molecule has 0 bridgehead atoms. The second-order valence-corrected chi connectivity index (χ2v) is 5.66. The van der Waals surface area contributed by atoms with Gasteiger partial charge in [-0.25, -0.2) is 4.39 Å². The van der Waals surface area contributed by atoms with Crippen LogP contribution in [0.15, 0.2) is 18.2 Å². The molecule has 1 aromatic carbocycles. The number of hydrogen-bond donors (Lipinski definition) is 1. The Morgan fingerprint density at radius 1 is 1.41 bits per heavy atom. The van der Waals surface area contributed by atoms with E-state index in [2.05, 4.69) is 6.92 Å². The zero-order valence-electron chi connectivity index (χ0n) is 10.1. The molecule has 3 heteroatoms. The van der Waals surface area contributed by atoms with E-state index in [1.807, 2.05) is 0 Å². The van der Waals surface area contributed by atoms with Gasteiger partial charge in [-0.15, -0.1) is 0 Å². The van der Waals surface area contributed by atoms with Crippen molar-refractivity contribution in [3.8, 4) is 0 Å². The van der Waals surface area contributed by atoms with Crippen LogP contribution in [0.25, 0.3) is 0 Å². The number of nitrogens with two attached hydrogens (primary N) is 1. The SMILES string of the molecule is CC1CCCC(C(N)c2ccc(Cl)cc2F)C1. The van der Waals surface area contributed by atoms with Crippen LogP contribution >= 0.6 is 11.6 Å². The second kappa shape index (κ2) is 5.36. The molecule has 0 radical (unpaired) electrons. The Morgan fingerprint density at radius 2 is 2.18 bits per heavy atom. The fourth-order valence-electron chi connectivity index (χ4n) is 2.83. The average molecular weight is 256 g/mol. The third-order valence-corrected chi connectivity index (χ3v) is 4.04. The molecule has 1 aliphatic carbocycles. The van der Waals surface area contributed by atoms with Gasteiger partial charge in [-0.05, 0) is 36.8 Å². The van der Waals surface area contributed by atoms with Gasteiger partial charge in [-0.2, -0.15) is 0 Å². The third kappa shape index (κ3) is 2.99. The van der Waals surface area contributed by atoms with Crippen molar-refractivity contribution < 1.29 is 4.39 Å². The van der Waals surface area contributed by atoms with Crippen molar-refractivity contribution in [1.29, 1.82) is 0 Å². The van der Waals surface area contributed by atoms with E-state index in [4.69, 9.17) is 17.3 Å². The smallest absolute Gasteiger partial charge is 0.129 e. The molecule has 1 aliphatic rings. The first-order valence-electron chi connectivity index (χ1n) is 6.28. The summed E-state index contributed by atoms with van der Waals surface area (Å²) in [5, 5.41) is 0.426. The van der Waals surface area contributed by atoms with Crippen molar-refractivity contribution in [2.45, 2.75) is 38.6 Å². The predicted molar refractivity (Wildman–Crippen MR) is 69.5 cm³/mol. The maximum atomic E-state index is 13.8. The van der Waals surface area contributed by atoms with Crippen LogP contribution < -0.4 is 5.73 Å². The Kier molecular flexibility index (Phi) is 4.05. The highest BCUT2D eigenvalue weighted by molar-refractivity contribution is 6.30. The first-order chi connectivity index (χ1) is 8.08. The molecule has 1 nitrogen and oxygen atoms in total. The third-order valence-electron chi connectivity index (χ3n) is 3.81. The molecule has 0 amide bonds. The first kappa shape index (κ1) is 12.8. The second-order valence-electron chi connectivity index (χ2n) is 5.22. The van der Waals surface area contributed by atoms with Gasteiger partial charge < -0.3 is 5.73 Å². The normalized spacial score (nSPS) is 26.8. The van der Waals surface area contributed by atoms with Crippen molar-refractivity contribution >= 4 is 11.6 Å². The van der Waals surface area contributed by atoms with E-state index < -0.39 is 0 Å². The first-order valence-corrected chi connectivity index (χ1v) is 6.66. The van der Waals surface area contributed by atoms with E-state index >= 15 is 0 Å². The molecule has 0 spiro atoms. The van der Waals surface area contributed by atoms with Crippen LogP contribution in [-0.2, 0) is 0 Å². The molecule has 0 heterocycles. The van der Waals surface area contributed by atoms with Crippen molar-refractivity contribution in [2.24, 2.45) is 17.6 Å². The number of rotatable bonds is 2. The zero-order chi connectivity index (χ0) is 12.4. The summed E-state index contributed by atoms with van der Waals surface area (Å²) in [5.41, 5.74) is 6.80. The van der Waals surface area contributed by atoms with Crippen molar-refractivity contribution in [1.82, 2.24) is 0 Å². The Labute approximate surface area is 107 Å². The topological polar surface area (TPSA) is 26.0 Å². The van der Waals surface area contributed by atoms with Crippen LogP contribution in [0.2, 0.25) is 5.02 Å². The quantitative estimate of drug-likeness (QED) is 0.838. The standard InChI is InChI=1S/C14H19ClFN/c1-9-3-2-4-10(7-9)14(17)12-6-5-11(15)8-13(12)16/h5-6,8-10,14H,2-4,7,17H2,1H3. The maximum Gasteiger partial charge on any atom is 0.129 e. The molecule has 2 N–H and O–H groups in total. The van der Waals surface area contributed by atoms with Crippen LogP contribution in [0.5, 0.6) is 0 Å². The minimum Gasteiger partial charge on any atom is -0.324 e. The fraction of sp³-hybridized carbons (Fsp3) is 0.571. The highest BCUT2D eigenvalue weighted by Crippen LogP contribution is 2.36. The summed E-state index contributed by atoms with van der Waals surface area (Å²) in [7, 11) is 0. The number of benzene rings is 1. The summed E-state index contributed by atoms with van der Waals surface area (Å²) in [5.74, 6) is 0.827. The summed E-state index contributed by atoms with van der Waals surface area (Å²) >= 11 is 5.75. The summed E-state index contributed by atoms with van der Waals surface area (Å²) in [6, 6.07) is 4.59. The van der Waals surface area contributed by atoms with Crippen molar-refractivity contribution in [2.75, 3.05) is 0 Å². The molecular formula is C14H19ClFN. The Bertz CT molecular complexity index is 394. The van der Waals surface area contributed by atoms with Gasteiger partial charge in [0.05, 0.1) is 0 Å². The maximum absolute atomic E-state index is 13.8. The molecule has 1 aromatic rings. The number of hydrogen-bond acceptors (Lipinski definition) is 1. The Balaban J connectivity index is 2.15. The molecule has 0 aliphatic heterocycles.